The van der Waals surface area contributed by atoms with Crippen molar-refractivity contribution in [2.24, 2.45) is 0 Å². The predicted octanol–water partition coefficient (Wildman–Crippen LogP) is 1.59. The smallest absolute Gasteiger partial charge is 0.276 e. The van der Waals surface area contributed by atoms with Crippen molar-refractivity contribution >= 4 is 64.1 Å². The number of hydrogen-bond acceptors (Lipinski definition) is 10. The van der Waals surface area contributed by atoms with Gasteiger partial charge in [0, 0.05) is 0 Å². The van der Waals surface area contributed by atoms with E-state index in [0.29, 0.717) is 4.57 Å². The second kappa shape index (κ2) is 12.7. The number of nitrogens with one attached hydrogen (secondary N) is 1. The van der Waals surface area contributed by atoms with Crippen LogP contribution in [-0.2, 0) is 4.79 Å². The molecule has 0 aliphatic carbocycles. The van der Waals surface area contributed by atoms with Crippen LogP contribution < -0.4 is 19.5 Å². The van der Waals surface area contributed by atoms with Crippen molar-refractivity contribution < 1.29 is 9.59 Å². The third-order valence-corrected chi connectivity index (χ3v) is 5.24. The van der Waals surface area contributed by atoms with Crippen LogP contribution in [0.2, 0.25) is 0 Å². The molecule has 8 nitrogen and oxygen atoms in total. The van der Waals surface area contributed by atoms with E-state index in [0.717, 1.165) is 53.5 Å². The molecule has 0 amide bonds. The van der Waals surface area contributed by atoms with Crippen LogP contribution in [0.3, 0.4) is 0 Å². The van der Waals surface area contributed by atoms with Gasteiger partial charge in [0.1, 0.15) is 0 Å². The fraction of sp³-hybridized carbons (Fsp3) is 0.0909. The number of hydrogen-bond donors (Lipinski definition) is 1. The summed E-state index contributed by atoms with van der Waals surface area (Å²) in [4.78, 5) is 62.3. The van der Waals surface area contributed by atoms with Gasteiger partial charge in [0.2, 0.25) is 5.24 Å². The minimum absolute atomic E-state index is 0. The van der Waals surface area contributed by atoms with E-state index < -0.39 is 20.9 Å². The number of halogens is 1. The van der Waals surface area contributed by atoms with E-state index in [1.807, 2.05) is 0 Å². The number of rotatable bonds is 2. The highest BCUT2D eigenvalue weighted by molar-refractivity contribution is 7.67. The van der Waals surface area contributed by atoms with Crippen molar-refractivity contribution in [3.05, 3.63) is 64.0 Å². The molecule has 24 heavy (non-hydrogen) atoms. The molecule has 2 aromatic heterocycles. The molecule has 0 spiro atoms. The molecule has 0 bridgehead atoms. The monoisotopic (exact) mass is 430 g/mol. The largest absolute Gasteiger partial charge is 0.327 e. The highest BCUT2D eigenvalue weighted by Crippen LogP contribution is 1.90. The molecule has 0 unspecified atom stereocenters. The van der Waals surface area contributed by atoms with Crippen molar-refractivity contribution in [2.45, 2.75) is 7.43 Å². The fourth-order valence-electron chi connectivity index (χ4n) is 0.692. The summed E-state index contributed by atoms with van der Waals surface area (Å²) in [6.45, 7) is 6.24. The highest BCUT2D eigenvalue weighted by atomic mass is 35.5. The number of allylic oxidation sites excluding steroid dienone is 2. The molecule has 0 aliphatic rings. The van der Waals surface area contributed by atoms with E-state index in [2.05, 4.69) is 18.1 Å². The highest BCUT2D eigenvalue weighted by Gasteiger charge is 2.08. The first-order valence-electron chi connectivity index (χ1n) is 5.13. The lowest BCUT2D eigenvalue weighted by Gasteiger charge is -1.86. The molecule has 0 aliphatic heterocycles. The molecular weight excluding hydrogens is 420 g/mol. The molecule has 2 heterocycles. The Morgan fingerprint density at radius 3 is 1.50 bits per heavy atom. The zero-order chi connectivity index (χ0) is 18.0. The quantitative estimate of drug-likeness (QED) is 0.438. The second-order valence-corrected chi connectivity index (χ2v) is 7.43. The van der Waals surface area contributed by atoms with Gasteiger partial charge in [-0.15, -0.1) is 0 Å². The van der Waals surface area contributed by atoms with Gasteiger partial charge in [-0.3, -0.25) is 33.8 Å². The lowest BCUT2D eigenvalue weighted by Crippen LogP contribution is -2.29. The molecular formula is C11H11ClN2O6S4. The second-order valence-electron chi connectivity index (χ2n) is 2.95. The molecule has 2 aromatic rings. The Bertz CT molecular complexity index is 860. The van der Waals surface area contributed by atoms with Crippen molar-refractivity contribution in [3.8, 4) is 0 Å². The van der Waals surface area contributed by atoms with E-state index >= 15 is 0 Å². The molecule has 0 atom stereocenters. The van der Waals surface area contributed by atoms with Crippen LogP contribution in [0.25, 0.3) is 0 Å². The third kappa shape index (κ3) is 9.42. The first kappa shape index (κ1) is 24.5. The minimum atomic E-state index is -0.669. The Morgan fingerprint density at radius 2 is 1.29 bits per heavy atom. The van der Waals surface area contributed by atoms with Gasteiger partial charge in [0.05, 0.1) is 0 Å². The average Bonchev–Trinajstić information content (AvgIpc) is 3.04. The zero-order valence-electron chi connectivity index (χ0n) is 11.0. The van der Waals surface area contributed by atoms with Crippen molar-refractivity contribution in [3.63, 3.8) is 0 Å². The summed E-state index contributed by atoms with van der Waals surface area (Å²) in [5.41, 5.74) is 0. The Hall–Kier alpha value is -1.73. The first-order chi connectivity index (χ1) is 10.7. The molecule has 0 saturated carbocycles. The predicted molar refractivity (Wildman–Crippen MR) is 100 cm³/mol. The zero-order valence-corrected chi connectivity index (χ0v) is 15.0. The summed E-state index contributed by atoms with van der Waals surface area (Å²) in [5.74, 6) is -0.669. The number of H-pyrrole nitrogens is 1. The summed E-state index contributed by atoms with van der Waals surface area (Å²) in [7, 11) is 3.33. The number of carbonyl (C=O) groups is 2. The maximum atomic E-state index is 10.8. The van der Waals surface area contributed by atoms with Gasteiger partial charge in [-0.25, -0.2) is 0 Å². The van der Waals surface area contributed by atoms with Gasteiger partial charge in [-0.1, -0.05) is 20.6 Å². The molecule has 0 aromatic carbocycles. The normalized spacial score (nSPS) is 8.38. The molecule has 0 fully saturated rings. The minimum Gasteiger partial charge on any atom is -0.276 e. The van der Waals surface area contributed by atoms with Crippen LogP contribution in [0, 0.1) is 0 Å². The van der Waals surface area contributed by atoms with Crippen molar-refractivity contribution in [1.29, 1.82) is 0 Å². The van der Waals surface area contributed by atoms with Crippen LogP contribution in [0.1, 0.15) is 12.2 Å². The van der Waals surface area contributed by atoms with Gasteiger partial charge in [-0.2, -0.15) is 4.57 Å². The van der Waals surface area contributed by atoms with Crippen LogP contribution in [0.5, 0.6) is 0 Å². The Balaban J connectivity index is 0. The molecule has 132 valence electrons. The van der Waals surface area contributed by atoms with Crippen LogP contribution in [-0.4, -0.2) is 20.7 Å². The summed E-state index contributed by atoms with van der Waals surface area (Å²) in [5, 5.41) is -0.509. The van der Waals surface area contributed by atoms with E-state index in [4.69, 9.17) is 11.6 Å². The van der Waals surface area contributed by atoms with Crippen LogP contribution in [0.15, 0.2) is 44.5 Å². The maximum absolute atomic E-state index is 10.8. The maximum Gasteiger partial charge on any atom is 0.327 e. The Kier molecular flexibility index (Phi) is 12.9. The van der Waals surface area contributed by atoms with Gasteiger partial charge >= 0.3 is 19.5 Å². The third-order valence-electron chi connectivity index (χ3n) is 1.50. The topological polar surface area (TPSA) is 123 Å². The lowest BCUT2D eigenvalue weighted by atomic mass is 10.6. The van der Waals surface area contributed by atoms with E-state index in [1.165, 1.54) is 0 Å². The Labute approximate surface area is 154 Å². The number of aromatic amines is 1. The van der Waals surface area contributed by atoms with Crippen LogP contribution >= 0.6 is 53.0 Å². The van der Waals surface area contributed by atoms with Gasteiger partial charge in [0.25, 0.3) is 5.91 Å². The Morgan fingerprint density at radius 1 is 0.917 bits per heavy atom. The number of aromatic nitrogens is 2. The molecule has 1 N–H and O–H groups in total. The van der Waals surface area contributed by atoms with Crippen LogP contribution in [0.4, 0.5) is 0 Å². The summed E-state index contributed by atoms with van der Waals surface area (Å²) in [6.07, 6.45) is 1.98. The van der Waals surface area contributed by atoms with Crippen molar-refractivity contribution in [2.75, 3.05) is 0 Å². The average molecular weight is 431 g/mol. The van der Waals surface area contributed by atoms with Crippen molar-refractivity contribution in [1.82, 2.24) is 9.55 Å². The summed E-state index contributed by atoms with van der Waals surface area (Å²) in [6, 6.07) is 0. The fourth-order valence-corrected chi connectivity index (χ4v) is 3.45. The number of nitrogens with zero attached hydrogens (tertiary/aromatic N) is 1. The standard InChI is InChI=1S/C5H3NO3S2.C3H3ClO.C2HNO2S2.CH4/c1-2-3(7)6-4(8)10-11-5(6)9;1-2-3(4)5;4-1-3-2(5)7-6-1;/h2H,1H2;2H,1H2;(H,3,4,5);1H4. The van der Waals surface area contributed by atoms with Gasteiger partial charge in [0.15, 0.2) is 0 Å². The number of carbonyl (C=O) groups excluding carboxylic acids is 2. The first-order valence-corrected chi connectivity index (χ1v) is 9.81. The lowest BCUT2D eigenvalue weighted by molar-refractivity contribution is -0.107. The van der Waals surface area contributed by atoms with E-state index in [9.17, 15) is 28.8 Å². The molecule has 13 heteroatoms. The SMILES string of the molecule is C.C=CC(=O)Cl.C=CC(=O)n1c(=O)ssc1=O.O=c1[nH]c(=O)ss1. The van der Waals surface area contributed by atoms with Gasteiger partial charge < -0.3 is 0 Å². The molecule has 0 saturated heterocycles. The molecule has 2 rings (SSSR count). The van der Waals surface area contributed by atoms with E-state index in [1.54, 1.807) is 0 Å². The summed E-state index contributed by atoms with van der Waals surface area (Å²) < 4.78 is 0.558. The van der Waals surface area contributed by atoms with Gasteiger partial charge in [-0.05, 0) is 65.1 Å². The molecule has 0 radical (unpaired) electrons. The van der Waals surface area contributed by atoms with E-state index in [-0.39, 0.29) is 17.2 Å². The summed E-state index contributed by atoms with van der Waals surface area (Å²) >= 11 is 4.71.